The summed E-state index contributed by atoms with van der Waals surface area (Å²) in [6.45, 7) is 2.62. The van der Waals surface area contributed by atoms with Crippen LogP contribution in [0.5, 0.6) is 0 Å². The Balaban J connectivity index is 1.31. The molecule has 2 aliphatic rings. The van der Waals surface area contributed by atoms with Crippen LogP contribution >= 0.6 is 0 Å². The Morgan fingerprint density at radius 2 is 1.94 bits per heavy atom. The number of anilines is 1. The molecule has 11 nitrogen and oxygen atoms in total. The Morgan fingerprint density at radius 3 is 2.63 bits per heavy atom. The van der Waals surface area contributed by atoms with Crippen molar-refractivity contribution in [1.29, 1.82) is 0 Å². The lowest BCUT2D eigenvalue weighted by molar-refractivity contribution is 0.190. The summed E-state index contributed by atoms with van der Waals surface area (Å²) in [5, 5.41) is 7.59. The van der Waals surface area contributed by atoms with Crippen LogP contribution < -0.4 is 11.0 Å². The van der Waals surface area contributed by atoms with Gasteiger partial charge in [0.15, 0.2) is 5.65 Å². The molecule has 2 fully saturated rings. The molecule has 1 saturated carbocycles. The van der Waals surface area contributed by atoms with Crippen LogP contribution in [0.2, 0.25) is 0 Å². The minimum atomic E-state index is -1.20. The maximum absolute atomic E-state index is 13.3. The van der Waals surface area contributed by atoms with Crippen LogP contribution in [-0.2, 0) is 29.3 Å². The number of imidazole rings is 1. The number of hydrogen-bond acceptors (Lipinski definition) is 7. The molecule has 1 unspecified atom stereocenters. The van der Waals surface area contributed by atoms with Crippen LogP contribution in [0.15, 0.2) is 28.3 Å². The highest BCUT2D eigenvalue weighted by Gasteiger charge is 2.27. The number of nitrogens with one attached hydrogen (secondary N) is 1. The Kier molecular flexibility index (Phi) is 7.30. The molecule has 3 aromatic rings. The van der Waals surface area contributed by atoms with E-state index < -0.39 is 11.0 Å². The molecular formula is C23H34N8O3S. The molecule has 35 heavy (non-hydrogen) atoms. The third-order valence-corrected chi connectivity index (χ3v) is 8.48. The standard InChI is InChI=1S/C23H34N8O3S/c1-28-16-19(14-25-28)35(33)29-11-8-17(9-12-29)26-22-24-15-20-21(27-22)31(18-6-3-4-7-18)23(32)30(20)10-5-13-34-2/h14-18H,3-13H2,1-2H3,(H,24,26,27). The first kappa shape index (κ1) is 24.1. The molecule has 12 heteroatoms. The van der Waals surface area contributed by atoms with Crippen molar-refractivity contribution in [1.82, 2.24) is 33.2 Å². The second-order valence-electron chi connectivity index (χ2n) is 9.44. The number of piperidine rings is 1. The zero-order valence-electron chi connectivity index (χ0n) is 20.4. The average Bonchev–Trinajstić information content (AvgIpc) is 3.59. The third kappa shape index (κ3) is 5.05. The Bertz CT molecular complexity index is 1240. The lowest BCUT2D eigenvalue weighted by atomic mass is 10.1. The van der Waals surface area contributed by atoms with Gasteiger partial charge in [-0.05, 0) is 32.1 Å². The van der Waals surface area contributed by atoms with Crippen molar-refractivity contribution in [2.24, 2.45) is 7.05 Å². The largest absolute Gasteiger partial charge is 0.385 e. The number of rotatable bonds is 9. The molecule has 1 N–H and O–H groups in total. The van der Waals surface area contributed by atoms with Gasteiger partial charge in [0.05, 0.1) is 17.3 Å². The van der Waals surface area contributed by atoms with Gasteiger partial charge >= 0.3 is 5.69 Å². The van der Waals surface area contributed by atoms with E-state index >= 15 is 0 Å². The van der Waals surface area contributed by atoms with E-state index in [4.69, 9.17) is 9.72 Å². The summed E-state index contributed by atoms with van der Waals surface area (Å²) in [6.07, 6.45) is 12.0. The van der Waals surface area contributed by atoms with E-state index in [2.05, 4.69) is 15.4 Å². The first-order valence-electron chi connectivity index (χ1n) is 12.4. The molecule has 0 bridgehead atoms. The molecule has 1 saturated heterocycles. The molecule has 0 amide bonds. The van der Waals surface area contributed by atoms with E-state index in [9.17, 15) is 9.00 Å². The van der Waals surface area contributed by atoms with Crippen LogP contribution in [0.3, 0.4) is 0 Å². The predicted molar refractivity (Wildman–Crippen MR) is 134 cm³/mol. The van der Waals surface area contributed by atoms with E-state index in [1.165, 1.54) is 0 Å². The van der Waals surface area contributed by atoms with Crippen molar-refractivity contribution in [2.45, 2.75) is 68.5 Å². The summed E-state index contributed by atoms with van der Waals surface area (Å²) in [5.74, 6) is 0.546. The molecule has 190 valence electrons. The van der Waals surface area contributed by atoms with Gasteiger partial charge in [0.25, 0.3) is 0 Å². The van der Waals surface area contributed by atoms with Crippen LogP contribution in [-0.4, -0.2) is 70.2 Å². The second-order valence-corrected chi connectivity index (χ2v) is 10.9. The Morgan fingerprint density at radius 1 is 1.17 bits per heavy atom. The molecule has 0 aromatic carbocycles. The predicted octanol–water partition coefficient (Wildman–Crippen LogP) is 2.08. The van der Waals surface area contributed by atoms with Gasteiger partial charge in [-0.15, -0.1) is 0 Å². The topological polar surface area (TPSA) is 112 Å². The minimum absolute atomic E-state index is 0.000595. The quantitative estimate of drug-likeness (QED) is 0.446. The number of nitrogens with zero attached hydrogens (tertiary/aromatic N) is 7. The zero-order chi connectivity index (χ0) is 24.4. The average molecular weight is 503 g/mol. The number of methoxy groups -OCH3 is 1. The van der Waals surface area contributed by atoms with Gasteiger partial charge in [-0.2, -0.15) is 10.1 Å². The molecule has 3 aromatic heterocycles. The molecule has 1 aliphatic carbocycles. The summed E-state index contributed by atoms with van der Waals surface area (Å²) in [4.78, 5) is 23.5. The van der Waals surface area contributed by atoms with E-state index in [1.54, 1.807) is 34.9 Å². The van der Waals surface area contributed by atoms with E-state index in [0.29, 0.717) is 37.8 Å². The van der Waals surface area contributed by atoms with E-state index in [1.807, 2.05) is 15.9 Å². The first-order valence-corrected chi connectivity index (χ1v) is 13.5. The highest BCUT2D eigenvalue weighted by molar-refractivity contribution is 7.82. The second kappa shape index (κ2) is 10.6. The number of hydrogen-bond donors (Lipinski definition) is 1. The van der Waals surface area contributed by atoms with Gasteiger partial charge in [0.2, 0.25) is 5.95 Å². The smallest absolute Gasteiger partial charge is 0.330 e. The monoisotopic (exact) mass is 502 g/mol. The Hall–Kier alpha value is -2.57. The molecule has 5 rings (SSSR count). The van der Waals surface area contributed by atoms with Crippen molar-refractivity contribution < 1.29 is 8.95 Å². The number of aryl methyl sites for hydroxylation is 2. The minimum Gasteiger partial charge on any atom is -0.385 e. The zero-order valence-corrected chi connectivity index (χ0v) is 21.2. The fourth-order valence-corrected chi connectivity index (χ4v) is 6.41. The SMILES string of the molecule is COCCCn1c(=O)n(C2CCCC2)c2nc(NC3CCN(S(=O)c4cnn(C)c4)CC3)ncc21. The fraction of sp³-hybridized carbons (Fsp3) is 0.652. The van der Waals surface area contributed by atoms with Gasteiger partial charge in [-0.1, -0.05) is 12.8 Å². The number of aromatic nitrogens is 6. The molecule has 0 spiro atoms. The van der Waals surface area contributed by atoms with Gasteiger partial charge in [0.1, 0.15) is 16.5 Å². The van der Waals surface area contributed by atoms with Crippen molar-refractivity contribution in [3.05, 3.63) is 29.1 Å². The van der Waals surface area contributed by atoms with Crippen LogP contribution in [0.1, 0.15) is 51.0 Å². The molecule has 1 aliphatic heterocycles. The van der Waals surface area contributed by atoms with Gasteiger partial charge in [-0.3, -0.25) is 13.8 Å². The van der Waals surface area contributed by atoms with E-state index in [-0.39, 0.29) is 17.8 Å². The first-order chi connectivity index (χ1) is 17.0. The summed E-state index contributed by atoms with van der Waals surface area (Å²) in [5.41, 5.74) is 1.50. The normalized spacial score (nSPS) is 19.0. The summed E-state index contributed by atoms with van der Waals surface area (Å²) in [6, 6.07) is 0.382. The summed E-state index contributed by atoms with van der Waals surface area (Å²) >= 11 is 0. The van der Waals surface area contributed by atoms with Gasteiger partial charge in [0, 0.05) is 58.7 Å². The maximum atomic E-state index is 13.3. The maximum Gasteiger partial charge on any atom is 0.330 e. The van der Waals surface area contributed by atoms with Crippen molar-refractivity contribution >= 4 is 28.1 Å². The van der Waals surface area contributed by atoms with Crippen LogP contribution in [0, 0.1) is 0 Å². The number of ether oxygens (including phenoxy) is 1. The highest BCUT2D eigenvalue weighted by Crippen LogP contribution is 2.31. The molecule has 4 heterocycles. The number of fused-ring (bicyclic) bond motifs is 1. The fourth-order valence-electron chi connectivity index (χ4n) is 5.19. The van der Waals surface area contributed by atoms with Gasteiger partial charge < -0.3 is 10.1 Å². The molecular weight excluding hydrogens is 468 g/mol. The summed E-state index contributed by atoms with van der Waals surface area (Å²) < 4.78 is 25.3. The van der Waals surface area contributed by atoms with Crippen molar-refractivity contribution in [3.63, 3.8) is 0 Å². The van der Waals surface area contributed by atoms with Crippen LogP contribution in [0.25, 0.3) is 11.2 Å². The molecule has 0 radical (unpaired) electrons. The van der Waals surface area contributed by atoms with Crippen molar-refractivity contribution in [2.75, 3.05) is 32.1 Å². The van der Waals surface area contributed by atoms with Gasteiger partial charge in [-0.25, -0.2) is 18.3 Å². The lowest BCUT2D eigenvalue weighted by Gasteiger charge is -2.30. The third-order valence-electron chi connectivity index (χ3n) is 7.03. The molecule has 1 atom stereocenters. The summed E-state index contributed by atoms with van der Waals surface area (Å²) in [7, 11) is 2.30. The van der Waals surface area contributed by atoms with Crippen molar-refractivity contribution in [3.8, 4) is 0 Å². The van der Waals surface area contributed by atoms with E-state index in [0.717, 1.165) is 55.4 Å². The Labute approximate surface area is 207 Å². The lowest BCUT2D eigenvalue weighted by Crippen LogP contribution is -2.40. The van der Waals surface area contributed by atoms with Crippen LogP contribution in [0.4, 0.5) is 5.95 Å². The highest BCUT2D eigenvalue weighted by atomic mass is 32.2.